The maximum atomic E-state index is 13.4. The maximum absolute atomic E-state index is 13.4. The summed E-state index contributed by atoms with van der Waals surface area (Å²) in [6, 6.07) is 8.39. The average molecular weight is 292 g/mol. The molecule has 0 saturated heterocycles. The molecule has 3 nitrogen and oxygen atoms in total. The molecular weight excluding hydrogens is 275 g/mol. The molecule has 106 valence electrons. The second-order valence-electron chi connectivity index (χ2n) is 4.48. The number of rotatable bonds is 5. The van der Waals surface area contributed by atoms with E-state index >= 15 is 0 Å². The number of nitrogens with one attached hydrogen (secondary N) is 2. The molecule has 2 amide bonds. The molecule has 5 heteroatoms. The Morgan fingerprint density at radius 1 is 1.25 bits per heavy atom. The Kier molecular flexibility index (Phi) is 5.12. The fraction of sp³-hybridized carbons (Fsp3) is 0.267. The van der Waals surface area contributed by atoms with E-state index < -0.39 is 0 Å². The highest BCUT2D eigenvalue weighted by Crippen LogP contribution is 2.14. The van der Waals surface area contributed by atoms with E-state index in [9.17, 15) is 9.18 Å². The fourth-order valence-corrected chi connectivity index (χ4v) is 2.67. The van der Waals surface area contributed by atoms with Gasteiger partial charge in [0.1, 0.15) is 5.82 Å². The number of hydrogen-bond donors (Lipinski definition) is 2. The van der Waals surface area contributed by atoms with Crippen LogP contribution in [0.25, 0.3) is 0 Å². The van der Waals surface area contributed by atoms with E-state index in [1.807, 2.05) is 18.4 Å². The second kappa shape index (κ2) is 7.05. The van der Waals surface area contributed by atoms with Crippen molar-refractivity contribution in [2.24, 2.45) is 0 Å². The van der Waals surface area contributed by atoms with Crippen LogP contribution in [0.2, 0.25) is 0 Å². The molecule has 0 atom stereocenters. The third-order valence-electron chi connectivity index (χ3n) is 3.02. The molecule has 0 saturated carbocycles. The van der Waals surface area contributed by atoms with Crippen molar-refractivity contribution >= 4 is 17.4 Å². The van der Waals surface area contributed by atoms with E-state index in [2.05, 4.69) is 10.6 Å². The quantitative estimate of drug-likeness (QED) is 0.872. The van der Waals surface area contributed by atoms with Gasteiger partial charge in [0.25, 0.3) is 0 Å². The summed E-state index contributed by atoms with van der Waals surface area (Å²) in [4.78, 5) is 12.8. The average Bonchev–Trinajstić information content (AvgIpc) is 2.84. The van der Waals surface area contributed by atoms with E-state index in [-0.39, 0.29) is 11.8 Å². The van der Waals surface area contributed by atoms with Crippen LogP contribution in [0.15, 0.2) is 35.7 Å². The van der Waals surface area contributed by atoms with Crippen molar-refractivity contribution in [3.8, 4) is 0 Å². The van der Waals surface area contributed by atoms with Gasteiger partial charge in [-0.05, 0) is 42.0 Å². The minimum Gasteiger partial charge on any atom is -0.338 e. The summed E-state index contributed by atoms with van der Waals surface area (Å²) in [5.74, 6) is -0.232. The zero-order valence-corrected chi connectivity index (χ0v) is 12.1. The zero-order chi connectivity index (χ0) is 14.4. The summed E-state index contributed by atoms with van der Waals surface area (Å²) in [6.07, 6.45) is 0.484. The van der Waals surface area contributed by atoms with Crippen molar-refractivity contribution in [3.05, 3.63) is 57.5 Å². The Labute approximate surface area is 121 Å². The molecule has 1 aromatic heterocycles. The Morgan fingerprint density at radius 3 is 2.75 bits per heavy atom. The standard InChI is InChI=1S/C15H17FN2OS/c1-11-7-9-20-14(11)10-18-15(19)17-8-6-12-4-2-3-5-13(12)16/h2-5,7,9H,6,8,10H2,1H3,(H2,17,18,19). The number of carbonyl (C=O) groups excluding carboxylic acids is 1. The lowest BCUT2D eigenvalue weighted by atomic mass is 10.1. The lowest BCUT2D eigenvalue weighted by Gasteiger charge is -2.08. The Bertz CT molecular complexity index is 583. The van der Waals surface area contributed by atoms with Crippen LogP contribution >= 0.6 is 11.3 Å². The van der Waals surface area contributed by atoms with Crippen LogP contribution in [0, 0.1) is 12.7 Å². The summed E-state index contributed by atoms with van der Waals surface area (Å²) in [5.41, 5.74) is 1.79. The van der Waals surface area contributed by atoms with Crippen LogP contribution in [-0.2, 0) is 13.0 Å². The van der Waals surface area contributed by atoms with Gasteiger partial charge in [0, 0.05) is 11.4 Å². The molecule has 2 N–H and O–H groups in total. The van der Waals surface area contributed by atoms with Crippen molar-refractivity contribution in [1.29, 1.82) is 0 Å². The Hall–Kier alpha value is -1.88. The van der Waals surface area contributed by atoms with Crippen LogP contribution < -0.4 is 10.6 Å². The molecule has 0 aliphatic carbocycles. The van der Waals surface area contributed by atoms with Crippen molar-refractivity contribution < 1.29 is 9.18 Å². The molecule has 0 fully saturated rings. The number of amides is 2. The summed E-state index contributed by atoms with van der Waals surface area (Å²) in [6.45, 7) is 2.95. The van der Waals surface area contributed by atoms with E-state index in [0.717, 1.165) is 4.88 Å². The third-order valence-corrected chi connectivity index (χ3v) is 4.04. The number of urea groups is 1. The minimum atomic E-state index is -0.232. The number of halogens is 1. The van der Waals surface area contributed by atoms with E-state index in [1.165, 1.54) is 11.6 Å². The molecular formula is C15H17FN2OS. The third kappa shape index (κ3) is 4.06. The smallest absolute Gasteiger partial charge is 0.315 e. The van der Waals surface area contributed by atoms with E-state index in [4.69, 9.17) is 0 Å². The van der Waals surface area contributed by atoms with Crippen molar-refractivity contribution in [2.45, 2.75) is 19.9 Å². The van der Waals surface area contributed by atoms with Gasteiger partial charge >= 0.3 is 6.03 Å². The van der Waals surface area contributed by atoms with Crippen LogP contribution in [0.4, 0.5) is 9.18 Å². The first-order valence-electron chi connectivity index (χ1n) is 6.45. The van der Waals surface area contributed by atoms with Crippen molar-refractivity contribution in [3.63, 3.8) is 0 Å². The van der Waals surface area contributed by atoms with E-state index in [0.29, 0.717) is 25.1 Å². The monoisotopic (exact) mass is 292 g/mol. The fourth-order valence-electron chi connectivity index (χ4n) is 1.82. The van der Waals surface area contributed by atoms with Gasteiger partial charge in [-0.15, -0.1) is 11.3 Å². The van der Waals surface area contributed by atoms with Crippen LogP contribution in [0.1, 0.15) is 16.0 Å². The van der Waals surface area contributed by atoms with Crippen molar-refractivity contribution in [1.82, 2.24) is 10.6 Å². The van der Waals surface area contributed by atoms with E-state index in [1.54, 1.807) is 29.5 Å². The lowest BCUT2D eigenvalue weighted by molar-refractivity contribution is 0.240. The largest absolute Gasteiger partial charge is 0.338 e. The molecule has 20 heavy (non-hydrogen) atoms. The van der Waals surface area contributed by atoms with Gasteiger partial charge in [0.2, 0.25) is 0 Å². The van der Waals surface area contributed by atoms with Gasteiger partial charge in [-0.2, -0.15) is 0 Å². The first-order chi connectivity index (χ1) is 9.66. The summed E-state index contributed by atoms with van der Waals surface area (Å²) in [5, 5.41) is 7.52. The molecule has 1 heterocycles. The first-order valence-corrected chi connectivity index (χ1v) is 7.33. The number of benzene rings is 1. The zero-order valence-electron chi connectivity index (χ0n) is 11.3. The summed E-state index contributed by atoms with van der Waals surface area (Å²) in [7, 11) is 0. The molecule has 0 bridgehead atoms. The molecule has 2 rings (SSSR count). The number of hydrogen-bond acceptors (Lipinski definition) is 2. The molecule has 1 aromatic carbocycles. The SMILES string of the molecule is Cc1ccsc1CNC(=O)NCCc1ccccc1F. The van der Waals surface area contributed by atoms with Gasteiger partial charge in [-0.3, -0.25) is 0 Å². The van der Waals surface area contributed by atoms with Gasteiger partial charge in [0.05, 0.1) is 6.54 Å². The molecule has 0 aliphatic heterocycles. The summed E-state index contributed by atoms with van der Waals surface area (Å²) >= 11 is 1.62. The lowest BCUT2D eigenvalue weighted by Crippen LogP contribution is -2.36. The predicted molar refractivity (Wildman–Crippen MR) is 79.4 cm³/mol. The molecule has 0 spiro atoms. The molecule has 2 aromatic rings. The number of carbonyl (C=O) groups is 1. The maximum Gasteiger partial charge on any atom is 0.315 e. The molecule has 0 unspecified atom stereocenters. The predicted octanol–water partition coefficient (Wildman–Crippen LogP) is 3.24. The van der Waals surface area contributed by atoms with Gasteiger partial charge < -0.3 is 10.6 Å². The van der Waals surface area contributed by atoms with Crippen LogP contribution in [0.5, 0.6) is 0 Å². The number of aryl methyl sites for hydroxylation is 1. The Morgan fingerprint density at radius 2 is 2.05 bits per heavy atom. The van der Waals surface area contributed by atoms with Crippen LogP contribution in [0.3, 0.4) is 0 Å². The second-order valence-corrected chi connectivity index (χ2v) is 5.48. The van der Waals surface area contributed by atoms with Crippen LogP contribution in [-0.4, -0.2) is 12.6 Å². The highest BCUT2D eigenvalue weighted by molar-refractivity contribution is 7.10. The molecule has 0 radical (unpaired) electrons. The topological polar surface area (TPSA) is 41.1 Å². The highest BCUT2D eigenvalue weighted by atomic mass is 32.1. The summed E-state index contributed by atoms with van der Waals surface area (Å²) < 4.78 is 13.4. The van der Waals surface area contributed by atoms with Gasteiger partial charge in [0.15, 0.2) is 0 Å². The highest BCUT2D eigenvalue weighted by Gasteiger charge is 2.04. The van der Waals surface area contributed by atoms with Gasteiger partial charge in [-0.1, -0.05) is 18.2 Å². The normalized spacial score (nSPS) is 10.3. The number of thiophene rings is 1. The van der Waals surface area contributed by atoms with Gasteiger partial charge in [-0.25, -0.2) is 9.18 Å². The van der Waals surface area contributed by atoms with Crippen molar-refractivity contribution in [2.75, 3.05) is 6.54 Å². The first kappa shape index (κ1) is 14.5. The molecule has 0 aliphatic rings. The Balaban J connectivity index is 1.71. The minimum absolute atomic E-state index is 0.228.